The fourth-order valence-electron chi connectivity index (χ4n) is 3.26. The van der Waals surface area contributed by atoms with Crippen molar-refractivity contribution in [2.45, 2.75) is 26.4 Å². The molecule has 3 rings (SSSR count). The van der Waals surface area contributed by atoms with Crippen LogP contribution < -0.4 is 5.32 Å². The maximum absolute atomic E-state index is 13.0. The lowest BCUT2D eigenvalue weighted by Gasteiger charge is -2.24. The number of halogens is 3. The van der Waals surface area contributed by atoms with E-state index >= 15 is 0 Å². The van der Waals surface area contributed by atoms with Crippen LogP contribution in [-0.4, -0.2) is 44.9 Å². The summed E-state index contributed by atoms with van der Waals surface area (Å²) in [5.74, 6) is -0.781. The Labute approximate surface area is 208 Å². The Morgan fingerprint density at radius 1 is 1.14 bits per heavy atom. The van der Waals surface area contributed by atoms with Gasteiger partial charge in [-0.25, -0.2) is 0 Å². The molecule has 0 aliphatic carbocycles. The van der Waals surface area contributed by atoms with Crippen LogP contribution in [0.25, 0.3) is 10.6 Å². The van der Waals surface area contributed by atoms with Crippen LogP contribution in [0.5, 0.6) is 0 Å². The van der Waals surface area contributed by atoms with E-state index in [-0.39, 0.29) is 35.3 Å². The molecule has 2 aromatic carbocycles. The normalized spacial score (nSPS) is 11.4. The van der Waals surface area contributed by atoms with Crippen molar-refractivity contribution in [3.05, 3.63) is 69.8 Å². The van der Waals surface area contributed by atoms with E-state index in [2.05, 4.69) is 15.5 Å². The predicted octanol–water partition coefficient (Wildman–Crippen LogP) is 5.26. The topological polar surface area (TPSA) is 118 Å². The first-order valence-corrected chi connectivity index (χ1v) is 11.6. The van der Waals surface area contributed by atoms with E-state index in [1.807, 2.05) is 13.8 Å². The molecule has 0 saturated carbocycles. The second-order valence-corrected chi connectivity index (χ2v) is 9.22. The molecule has 36 heavy (non-hydrogen) atoms. The Kier molecular flexibility index (Phi) is 8.35. The second kappa shape index (κ2) is 11.2. The first-order chi connectivity index (χ1) is 16.9. The maximum atomic E-state index is 13.0. The number of hydrogen-bond donors (Lipinski definition) is 1. The number of nitrogens with one attached hydrogen (secondary N) is 1. The van der Waals surface area contributed by atoms with E-state index in [0.717, 1.165) is 23.5 Å². The molecule has 0 aliphatic heterocycles. The van der Waals surface area contributed by atoms with Gasteiger partial charge >= 0.3 is 6.18 Å². The molecule has 0 radical (unpaired) electrons. The number of aromatic nitrogens is 2. The lowest BCUT2D eigenvalue weighted by Crippen LogP contribution is -2.36. The van der Waals surface area contributed by atoms with Crippen molar-refractivity contribution < 1.29 is 27.7 Å². The van der Waals surface area contributed by atoms with E-state index < -0.39 is 28.5 Å². The summed E-state index contributed by atoms with van der Waals surface area (Å²) >= 11 is 1.00. The van der Waals surface area contributed by atoms with Crippen LogP contribution in [0.3, 0.4) is 0 Å². The number of alkyl halides is 3. The highest BCUT2D eigenvalue weighted by atomic mass is 32.1. The minimum absolute atomic E-state index is 0.0656. The molecule has 0 saturated heterocycles. The number of nitro benzene ring substituents is 1. The minimum atomic E-state index is -4.45. The molecule has 0 fully saturated rings. The Bertz CT molecular complexity index is 1250. The van der Waals surface area contributed by atoms with Crippen LogP contribution in [0.4, 0.5) is 24.0 Å². The van der Waals surface area contributed by atoms with Gasteiger partial charge < -0.3 is 10.2 Å². The van der Waals surface area contributed by atoms with Gasteiger partial charge in [0.25, 0.3) is 11.6 Å². The Morgan fingerprint density at radius 2 is 1.83 bits per heavy atom. The number of hydrogen-bond acceptors (Lipinski definition) is 7. The van der Waals surface area contributed by atoms with Crippen molar-refractivity contribution >= 4 is 34.0 Å². The summed E-state index contributed by atoms with van der Waals surface area (Å²) in [5, 5.41) is 21.9. The first-order valence-electron chi connectivity index (χ1n) is 10.8. The van der Waals surface area contributed by atoms with Gasteiger partial charge in [0.2, 0.25) is 11.0 Å². The summed E-state index contributed by atoms with van der Waals surface area (Å²) in [6, 6.07) is 9.82. The van der Waals surface area contributed by atoms with Gasteiger partial charge in [0, 0.05) is 42.8 Å². The highest BCUT2D eigenvalue weighted by molar-refractivity contribution is 7.18. The average Bonchev–Trinajstić information content (AvgIpc) is 3.29. The molecule has 0 unspecified atom stereocenters. The van der Waals surface area contributed by atoms with Crippen molar-refractivity contribution in [3.63, 3.8) is 0 Å². The molecule has 1 aromatic heterocycles. The Hall–Kier alpha value is -3.87. The zero-order valence-electron chi connectivity index (χ0n) is 19.3. The third kappa shape index (κ3) is 7.07. The molecule has 0 spiro atoms. The van der Waals surface area contributed by atoms with Crippen molar-refractivity contribution in [1.82, 2.24) is 15.1 Å². The summed E-state index contributed by atoms with van der Waals surface area (Å²) in [4.78, 5) is 37.3. The summed E-state index contributed by atoms with van der Waals surface area (Å²) in [6.45, 7) is 4.21. The van der Waals surface area contributed by atoms with Gasteiger partial charge in [-0.2, -0.15) is 13.2 Å². The van der Waals surface area contributed by atoms with Gasteiger partial charge in [-0.15, -0.1) is 10.2 Å². The van der Waals surface area contributed by atoms with Crippen molar-refractivity contribution in [1.29, 1.82) is 0 Å². The number of nitrogens with zero attached hydrogens (tertiary/aromatic N) is 4. The van der Waals surface area contributed by atoms with Crippen LogP contribution in [0.15, 0.2) is 48.5 Å². The van der Waals surface area contributed by atoms with Gasteiger partial charge in [0.1, 0.15) is 5.01 Å². The van der Waals surface area contributed by atoms with Crippen molar-refractivity contribution in [2.75, 3.05) is 18.4 Å². The first kappa shape index (κ1) is 26.7. The molecule has 3 aromatic rings. The lowest BCUT2D eigenvalue weighted by molar-refractivity contribution is -0.384. The van der Waals surface area contributed by atoms with Crippen LogP contribution in [-0.2, 0) is 11.0 Å². The summed E-state index contributed by atoms with van der Waals surface area (Å²) in [6.07, 6.45) is -4.51. The van der Waals surface area contributed by atoms with Gasteiger partial charge in [0.15, 0.2) is 0 Å². The van der Waals surface area contributed by atoms with Gasteiger partial charge in [-0.3, -0.25) is 19.7 Å². The quantitative estimate of drug-likeness (QED) is 0.303. The molecule has 0 bridgehead atoms. The molecule has 2 amide bonds. The number of benzene rings is 2. The SMILES string of the molecule is CC(C)CN(CCC(=O)Nc1nnc(-c2ccc(C(F)(F)F)cc2)s1)C(=O)c1cccc([N+](=O)[O-])c1. The van der Waals surface area contributed by atoms with Crippen LogP contribution in [0.2, 0.25) is 0 Å². The number of carbonyl (C=O) groups excluding carboxylic acids is 2. The Balaban J connectivity index is 1.63. The number of anilines is 1. The fraction of sp³-hybridized carbons (Fsp3) is 0.304. The van der Waals surface area contributed by atoms with E-state index in [1.54, 1.807) is 0 Å². The van der Waals surface area contributed by atoms with Gasteiger partial charge in [-0.05, 0) is 24.1 Å². The number of carbonyl (C=O) groups is 2. The Morgan fingerprint density at radius 3 is 2.44 bits per heavy atom. The average molecular weight is 522 g/mol. The number of non-ortho nitro benzene ring substituents is 1. The third-order valence-corrected chi connectivity index (χ3v) is 5.80. The molecule has 9 nitrogen and oxygen atoms in total. The highest BCUT2D eigenvalue weighted by Gasteiger charge is 2.30. The fourth-order valence-corrected chi connectivity index (χ4v) is 4.03. The minimum Gasteiger partial charge on any atom is -0.338 e. The van der Waals surface area contributed by atoms with Crippen LogP contribution >= 0.6 is 11.3 Å². The van der Waals surface area contributed by atoms with Crippen LogP contribution in [0.1, 0.15) is 36.2 Å². The van der Waals surface area contributed by atoms with E-state index in [4.69, 9.17) is 0 Å². The third-order valence-electron chi connectivity index (χ3n) is 4.92. The van der Waals surface area contributed by atoms with E-state index in [0.29, 0.717) is 17.1 Å². The van der Waals surface area contributed by atoms with Gasteiger partial charge in [-0.1, -0.05) is 43.4 Å². The van der Waals surface area contributed by atoms with E-state index in [9.17, 15) is 32.9 Å². The second-order valence-electron chi connectivity index (χ2n) is 8.24. The molecule has 0 atom stereocenters. The standard InChI is InChI=1S/C23H22F3N5O4S/c1-14(2)13-30(21(33)16-4-3-5-18(12-16)31(34)35)11-10-19(32)27-22-29-28-20(36-22)15-6-8-17(9-7-15)23(24,25)26/h3-9,12,14H,10-11,13H2,1-2H3,(H,27,29,32). The molecule has 1 heterocycles. The molecular formula is C23H22F3N5O4S. The smallest absolute Gasteiger partial charge is 0.338 e. The van der Waals surface area contributed by atoms with Crippen molar-refractivity contribution in [2.24, 2.45) is 5.92 Å². The zero-order chi connectivity index (χ0) is 26.5. The highest BCUT2D eigenvalue weighted by Crippen LogP contribution is 2.32. The number of nitro groups is 1. The zero-order valence-corrected chi connectivity index (χ0v) is 20.1. The molecule has 1 N–H and O–H groups in total. The monoisotopic (exact) mass is 521 g/mol. The molecule has 190 valence electrons. The van der Waals surface area contributed by atoms with E-state index in [1.165, 1.54) is 41.3 Å². The molecule has 0 aliphatic rings. The predicted molar refractivity (Wildman–Crippen MR) is 127 cm³/mol. The van der Waals surface area contributed by atoms with Crippen LogP contribution in [0, 0.1) is 16.0 Å². The lowest BCUT2D eigenvalue weighted by atomic mass is 10.1. The van der Waals surface area contributed by atoms with Gasteiger partial charge in [0.05, 0.1) is 10.5 Å². The summed E-state index contributed by atoms with van der Waals surface area (Å²) in [7, 11) is 0. The van der Waals surface area contributed by atoms with Crippen molar-refractivity contribution in [3.8, 4) is 10.6 Å². The number of amides is 2. The largest absolute Gasteiger partial charge is 0.416 e. The molecule has 13 heteroatoms. The maximum Gasteiger partial charge on any atom is 0.416 e. The summed E-state index contributed by atoms with van der Waals surface area (Å²) in [5.41, 5.74) is -0.416. The summed E-state index contributed by atoms with van der Waals surface area (Å²) < 4.78 is 38.2. The number of rotatable bonds is 9. The molecular weight excluding hydrogens is 499 g/mol.